The second-order valence-electron chi connectivity index (χ2n) is 6.91. The Kier molecular flexibility index (Phi) is 6.33. The number of nitrogens with one attached hydrogen (secondary N) is 2. The van der Waals surface area contributed by atoms with Gasteiger partial charge in [-0.05, 0) is 48.9 Å². The summed E-state index contributed by atoms with van der Waals surface area (Å²) in [6, 6.07) is 13.8. The van der Waals surface area contributed by atoms with Crippen molar-refractivity contribution in [3.63, 3.8) is 0 Å². The van der Waals surface area contributed by atoms with Crippen LogP contribution < -0.4 is 16.4 Å². The number of nitrogens with zero attached hydrogens (tertiary/aromatic N) is 2. The molecule has 0 spiro atoms. The number of thiophene rings is 1. The maximum atomic E-state index is 13.3. The van der Waals surface area contributed by atoms with Gasteiger partial charge in [-0.25, -0.2) is 14.4 Å². The third kappa shape index (κ3) is 5.30. The molecular weight excluding hydrogens is 433 g/mol. The van der Waals surface area contributed by atoms with Crippen molar-refractivity contribution in [2.45, 2.75) is 19.5 Å². The van der Waals surface area contributed by atoms with Crippen LogP contribution in [-0.2, 0) is 6.54 Å². The SMILES string of the molecule is CC(N)C#Cc1cc2ncnc(Nc3ccc(NCc4cccc(F)c4)c(Cl)c3)c2s1. The summed E-state index contributed by atoms with van der Waals surface area (Å²) < 4.78 is 14.2. The van der Waals surface area contributed by atoms with Crippen LogP contribution in [0.25, 0.3) is 10.2 Å². The molecule has 156 valence electrons. The minimum atomic E-state index is -0.263. The molecule has 0 amide bonds. The Hall–Kier alpha value is -3.18. The Morgan fingerprint density at radius 3 is 2.84 bits per heavy atom. The van der Waals surface area contributed by atoms with Crippen LogP contribution in [0.5, 0.6) is 0 Å². The number of hydrogen-bond donors (Lipinski definition) is 3. The molecule has 0 saturated heterocycles. The summed E-state index contributed by atoms with van der Waals surface area (Å²) in [5.74, 6) is 6.44. The quantitative estimate of drug-likeness (QED) is 0.347. The van der Waals surface area contributed by atoms with E-state index < -0.39 is 0 Å². The first-order chi connectivity index (χ1) is 15.0. The van der Waals surface area contributed by atoms with Gasteiger partial charge < -0.3 is 16.4 Å². The molecule has 0 bridgehead atoms. The predicted octanol–water partition coefficient (Wildman–Crippen LogP) is 5.54. The van der Waals surface area contributed by atoms with Gasteiger partial charge in [0.1, 0.15) is 12.1 Å². The molecule has 2 aromatic carbocycles. The molecular formula is C23H19ClFN5S. The minimum Gasteiger partial charge on any atom is -0.380 e. The molecule has 8 heteroatoms. The van der Waals surface area contributed by atoms with Gasteiger partial charge in [0.05, 0.1) is 31.8 Å². The third-order valence-electron chi connectivity index (χ3n) is 4.34. The Bertz CT molecular complexity index is 1290. The van der Waals surface area contributed by atoms with Gasteiger partial charge in [-0.2, -0.15) is 0 Å². The Morgan fingerprint density at radius 2 is 2.06 bits per heavy atom. The first-order valence-electron chi connectivity index (χ1n) is 9.54. The molecule has 0 aliphatic carbocycles. The van der Waals surface area contributed by atoms with Gasteiger partial charge in [0.2, 0.25) is 0 Å². The standard InChI is InChI=1S/C23H19ClFN5S/c1-14(26)5-7-18-11-21-22(31-18)23(29-13-28-21)30-17-6-8-20(19(24)10-17)27-12-15-3-2-4-16(25)9-15/h2-4,6,8-11,13-14,27H,12,26H2,1H3,(H,28,29,30). The number of anilines is 3. The maximum absolute atomic E-state index is 13.3. The van der Waals surface area contributed by atoms with E-state index >= 15 is 0 Å². The van der Waals surface area contributed by atoms with Crippen LogP contribution in [0.3, 0.4) is 0 Å². The monoisotopic (exact) mass is 451 g/mol. The molecule has 2 heterocycles. The smallest absolute Gasteiger partial charge is 0.151 e. The van der Waals surface area contributed by atoms with Gasteiger partial charge in [-0.1, -0.05) is 35.6 Å². The zero-order valence-electron chi connectivity index (χ0n) is 16.6. The van der Waals surface area contributed by atoms with E-state index in [1.165, 1.54) is 29.8 Å². The molecule has 0 fully saturated rings. The van der Waals surface area contributed by atoms with E-state index in [4.69, 9.17) is 17.3 Å². The van der Waals surface area contributed by atoms with Crippen LogP contribution in [-0.4, -0.2) is 16.0 Å². The highest BCUT2D eigenvalue weighted by Crippen LogP contribution is 2.32. The summed E-state index contributed by atoms with van der Waals surface area (Å²) in [7, 11) is 0. The second kappa shape index (κ2) is 9.31. The van der Waals surface area contributed by atoms with Crippen LogP contribution >= 0.6 is 22.9 Å². The van der Waals surface area contributed by atoms with Gasteiger partial charge in [-0.3, -0.25) is 0 Å². The van der Waals surface area contributed by atoms with E-state index in [1.54, 1.807) is 6.07 Å². The van der Waals surface area contributed by atoms with Gasteiger partial charge >= 0.3 is 0 Å². The lowest BCUT2D eigenvalue weighted by Crippen LogP contribution is -2.10. The highest BCUT2D eigenvalue weighted by atomic mass is 35.5. The zero-order chi connectivity index (χ0) is 21.8. The normalized spacial score (nSPS) is 11.6. The summed E-state index contributed by atoms with van der Waals surface area (Å²) in [5, 5.41) is 7.07. The van der Waals surface area contributed by atoms with Crippen LogP contribution in [0, 0.1) is 17.7 Å². The highest BCUT2D eigenvalue weighted by Gasteiger charge is 2.10. The van der Waals surface area contributed by atoms with E-state index in [2.05, 4.69) is 32.4 Å². The maximum Gasteiger partial charge on any atom is 0.151 e. The number of rotatable bonds is 5. The van der Waals surface area contributed by atoms with Crippen molar-refractivity contribution in [2.75, 3.05) is 10.6 Å². The number of benzene rings is 2. The summed E-state index contributed by atoms with van der Waals surface area (Å²) in [6.07, 6.45) is 1.51. The summed E-state index contributed by atoms with van der Waals surface area (Å²) in [5.41, 5.74) is 8.91. The molecule has 0 aliphatic rings. The molecule has 4 rings (SSSR count). The number of nitrogens with two attached hydrogens (primary N) is 1. The number of hydrogen-bond acceptors (Lipinski definition) is 6. The molecule has 1 atom stereocenters. The first-order valence-corrected chi connectivity index (χ1v) is 10.7. The van der Waals surface area contributed by atoms with Gasteiger partial charge in [0.25, 0.3) is 0 Å². The fourth-order valence-electron chi connectivity index (χ4n) is 2.91. The van der Waals surface area contributed by atoms with Crippen molar-refractivity contribution >= 4 is 50.3 Å². The molecule has 0 radical (unpaired) electrons. The van der Waals surface area contributed by atoms with E-state index in [0.717, 1.165) is 32.0 Å². The summed E-state index contributed by atoms with van der Waals surface area (Å²) in [4.78, 5) is 9.57. The lowest BCUT2D eigenvalue weighted by atomic mass is 10.2. The molecule has 2 aromatic heterocycles. The van der Waals surface area contributed by atoms with Crippen LogP contribution in [0.4, 0.5) is 21.6 Å². The van der Waals surface area contributed by atoms with Gasteiger partial charge in [0.15, 0.2) is 5.82 Å². The number of aromatic nitrogens is 2. The molecule has 5 nitrogen and oxygen atoms in total. The van der Waals surface area contributed by atoms with E-state index in [9.17, 15) is 4.39 Å². The topological polar surface area (TPSA) is 75.9 Å². The van der Waals surface area contributed by atoms with E-state index in [0.29, 0.717) is 17.4 Å². The third-order valence-corrected chi connectivity index (χ3v) is 5.70. The zero-order valence-corrected chi connectivity index (χ0v) is 18.2. The van der Waals surface area contributed by atoms with Crippen molar-refractivity contribution in [1.82, 2.24) is 9.97 Å². The van der Waals surface area contributed by atoms with E-state index in [1.807, 2.05) is 37.3 Å². The molecule has 0 aliphatic heterocycles. The van der Waals surface area contributed by atoms with Gasteiger partial charge in [0, 0.05) is 12.2 Å². The van der Waals surface area contributed by atoms with Crippen LogP contribution in [0.2, 0.25) is 5.02 Å². The average Bonchev–Trinajstić information content (AvgIpc) is 3.16. The van der Waals surface area contributed by atoms with Crippen molar-refractivity contribution in [3.05, 3.63) is 76.1 Å². The fraction of sp³-hybridized carbons (Fsp3) is 0.130. The van der Waals surface area contributed by atoms with Crippen molar-refractivity contribution in [3.8, 4) is 11.8 Å². The Balaban J connectivity index is 1.51. The number of fused-ring (bicyclic) bond motifs is 1. The lowest BCUT2D eigenvalue weighted by molar-refractivity contribution is 0.626. The second-order valence-corrected chi connectivity index (χ2v) is 8.37. The van der Waals surface area contributed by atoms with E-state index in [-0.39, 0.29) is 11.9 Å². The summed E-state index contributed by atoms with van der Waals surface area (Å²) >= 11 is 7.96. The van der Waals surface area contributed by atoms with Crippen LogP contribution in [0.1, 0.15) is 17.4 Å². The first kappa shape index (κ1) is 21.1. The molecule has 1 unspecified atom stereocenters. The lowest BCUT2D eigenvalue weighted by Gasteiger charge is -2.11. The fourth-order valence-corrected chi connectivity index (χ4v) is 4.07. The van der Waals surface area contributed by atoms with Crippen molar-refractivity contribution in [2.24, 2.45) is 5.73 Å². The number of halogens is 2. The Labute approximate surface area is 188 Å². The molecule has 0 saturated carbocycles. The molecule has 31 heavy (non-hydrogen) atoms. The molecule has 4 aromatic rings. The van der Waals surface area contributed by atoms with Crippen LogP contribution in [0.15, 0.2) is 54.9 Å². The average molecular weight is 452 g/mol. The minimum absolute atomic E-state index is 0.191. The highest BCUT2D eigenvalue weighted by molar-refractivity contribution is 7.20. The Morgan fingerprint density at radius 1 is 1.19 bits per heavy atom. The summed E-state index contributed by atoms with van der Waals surface area (Å²) in [6.45, 7) is 2.31. The van der Waals surface area contributed by atoms with Crippen molar-refractivity contribution in [1.29, 1.82) is 0 Å². The van der Waals surface area contributed by atoms with Crippen molar-refractivity contribution < 1.29 is 4.39 Å². The molecule has 4 N–H and O–H groups in total. The predicted molar refractivity (Wildman–Crippen MR) is 126 cm³/mol. The largest absolute Gasteiger partial charge is 0.380 e. The van der Waals surface area contributed by atoms with Gasteiger partial charge in [-0.15, -0.1) is 11.3 Å².